The smallest absolute Gasteiger partial charge is 0.374 e. The minimum Gasteiger partial charge on any atom is -0.374 e. The van der Waals surface area contributed by atoms with Crippen molar-refractivity contribution in [2.24, 2.45) is 7.05 Å². The SMILES string of the molecule is Cn1ccnc1C(O)(CCNC(=O)c1cnn(-c2ccc(Cl)cc2)c1C(F)(F)F)C(F)(F)F. The quantitative estimate of drug-likeness (QED) is 0.509. The number of alkyl halides is 6. The third-order valence-electron chi connectivity index (χ3n) is 4.79. The number of aryl methyl sites for hydroxylation is 1. The molecule has 0 saturated carbocycles. The minimum absolute atomic E-state index is 0.0352. The minimum atomic E-state index is -5.16. The van der Waals surface area contributed by atoms with E-state index in [4.69, 9.17) is 11.6 Å². The van der Waals surface area contributed by atoms with Crippen LogP contribution in [0.2, 0.25) is 5.02 Å². The molecular formula is C19H16ClF6N5O2. The molecule has 178 valence electrons. The number of aliphatic hydroxyl groups is 1. The van der Waals surface area contributed by atoms with E-state index in [1.54, 1.807) is 0 Å². The van der Waals surface area contributed by atoms with Crippen molar-refractivity contribution < 1.29 is 36.2 Å². The predicted molar refractivity (Wildman–Crippen MR) is 104 cm³/mol. The van der Waals surface area contributed by atoms with Crippen molar-refractivity contribution in [2.75, 3.05) is 6.54 Å². The highest BCUT2D eigenvalue weighted by molar-refractivity contribution is 6.30. The van der Waals surface area contributed by atoms with Gasteiger partial charge in [0.25, 0.3) is 5.91 Å². The van der Waals surface area contributed by atoms with Crippen LogP contribution in [0.15, 0.2) is 42.9 Å². The van der Waals surface area contributed by atoms with Gasteiger partial charge in [-0.05, 0) is 24.3 Å². The molecule has 1 unspecified atom stereocenters. The zero-order valence-electron chi connectivity index (χ0n) is 16.7. The maximum Gasteiger partial charge on any atom is 0.434 e. The number of carbonyl (C=O) groups excluding carboxylic acids is 1. The first-order valence-corrected chi connectivity index (χ1v) is 9.60. The number of hydrogen-bond donors (Lipinski definition) is 2. The Hall–Kier alpha value is -3.06. The van der Waals surface area contributed by atoms with Gasteiger partial charge in [-0.2, -0.15) is 31.4 Å². The van der Waals surface area contributed by atoms with Crippen LogP contribution >= 0.6 is 11.6 Å². The van der Waals surface area contributed by atoms with Crippen molar-refractivity contribution >= 4 is 17.5 Å². The summed E-state index contributed by atoms with van der Waals surface area (Å²) in [6.45, 7) is -0.800. The Labute approximate surface area is 187 Å². The molecule has 1 aromatic carbocycles. The number of benzene rings is 1. The summed E-state index contributed by atoms with van der Waals surface area (Å²) >= 11 is 5.73. The summed E-state index contributed by atoms with van der Waals surface area (Å²) in [4.78, 5) is 15.9. The number of amides is 1. The van der Waals surface area contributed by atoms with Crippen LogP contribution < -0.4 is 5.32 Å². The molecule has 2 heterocycles. The fourth-order valence-electron chi connectivity index (χ4n) is 3.16. The molecule has 0 fully saturated rings. The third kappa shape index (κ3) is 4.83. The molecule has 1 atom stereocenters. The lowest BCUT2D eigenvalue weighted by molar-refractivity contribution is -0.272. The second kappa shape index (κ2) is 8.71. The van der Waals surface area contributed by atoms with Gasteiger partial charge >= 0.3 is 12.4 Å². The summed E-state index contributed by atoms with van der Waals surface area (Å²) in [5.74, 6) is -2.04. The number of aromatic nitrogens is 4. The Bertz CT molecular complexity index is 1140. The highest BCUT2D eigenvalue weighted by Crippen LogP contribution is 2.40. The number of carbonyl (C=O) groups is 1. The Morgan fingerprint density at radius 3 is 2.30 bits per heavy atom. The van der Waals surface area contributed by atoms with E-state index in [0.29, 0.717) is 10.9 Å². The van der Waals surface area contributed by atoms with Crippen LogP contribution in [0.4, 0.5) is 26.3 Å². The van der Waals surface area contributed by atoms with E-state index in [0.717, 1.165) is 10.8 Å². The van der Waals surface area contributed by atoms with E-state index < -0.39 is 53.9 Å². The molecule has 0 aliphatic heterocycles. The normalized spacial score (nSPS) is 14.2. The van der Waals surface area contributed by atoms with Gasteiger partial charge in [0.2, 0.25) is 5.60 Å². The van der Waals surface area contributed by atoms with Crippen LogP contribution in [0.1, 0.15) is 28.3 Å². The molecule has 2 N–H and O–H groups in total. The Morgan fingerprint density at radius 2 is 1.79 bits per heavy atom. The van der Waals surface area contributed by atoms with Crippen LogP contribution in [-0.2, 0) is 18.8 Å². The summed E-state index contributed by atoms with van der Waals surface area (Å²) in [5, 5.41) is 16.1. The average molecular weight is 496 g/mol. The van der Waals surface area contributed by atoms with E-state index in [1.807, 2.05) is 5.32 Å². The summed E-state index contributed by atoms with van der Waals surface area (Å²) in [6.07, 6.45) is -8.37. The van der Waals surface area contributed by atoms with Gasteiger partial charge in [0.05, 0.1) is 17.4 Å². The first-order valence-electron chi connectivity index (χ1n) is 9.22. The number of halogens is 7. The fraction of sp³-hybridized carbons (Fsp3) is 0.316. The van der Waals surface area contributed by atoms with Gasteiger partial charge in [0.15, 0.2) is 5.69 Å². The van der Waals surface area contributed by atoms with Crippen molar-refractivity contribution in [3.05, 3.63) is 65.0 Å². The predicted octanol–water partition coefficient (Wildman–Crippen LogP) is 3.85. The lowest BCUT2D eigenvalue weighted by atomic mass is 9.97. The summed E-state index contributed by atoms with van der Waals surface area (Å²) < 4.78 is 83.2. The zero-order chi connectivity index (χ0) is 24.6. The molecule has 7 nitrogen and oxygen atoms in total. The van der Waals surface area contributed by atoms with Crippen LogP contribution in [0.3, 0.4) is 0 Å². The third-order valence-corrected chi connectivity index (χ3v) is 5.04. The van der Waals surface area contributed by atoms with Crippen LogP contribution in [0.5, 0.6) is 0 Å². The molecule has 0 saturated heterocycles. The monoisotopic (exact) mass is 495 g/mol. The highest BCUT2D eigenvalue weighted by atomic mass is 35.5. The molecule has 0 spiro atoms. The van der Waals surface area contributed by atoms with Crippen molar-refractivity contribution in [3.8, 4) is 5.69 Å². The van der Waals surface area contributed by atoms with E-state index in [9.17, 15) is 36.2 Å². The summed E-state index contributed by atoms with van der Waals surface area (Å²) in [5.41, 5.74) is -5.78. The Balaban J connectivity index is 1.85. The molecule has 14 heteroatoms. The topological polar surface area (TPSA) is 85.0 Å². The second-order valence-electron chi connectivity index (χ2n) is 7.02. The molecular weight excluding hydrogens is 480 g/mol. The Morgan fingerprint density at radius 1 is 1.15 bits per heavy atom. The van der Waals surface area contributed by atoms with E-state index >= 15 is 0 Å². The largest absolute Gasteiger partial charge is 0.434 e. The standard InChI is InChI=1S/C19H16ClF6N5O2/c1-30-9-8-28-16(30)17(33,19(24,25)26)6-7-27-15(32)13-10-29-31(14(13)18(21,22)23)12-4-2-11(20)3-5-12/h2-5,8-10,33H,6-7H2,1H3,(H,27,32). The van der Waals surface area contributed by atoms with Gasteiger partial charge in [0, 0.05) is 37.4 Å². The number of hydrogen-bond acceptors (Lipinski definition) is 4. The zero-order valence-corrected chi connectivity index (χ0v) is 17.5. The molecule has 33 heavy (non-hydrogen) atoms. The van der Waals surface area contributed by atoms with Gasteiger partial charge in [-0.3, -0.25) is 4.79 Å². The van der Waals surface area contributed by atoms with E-state index in [1.165, 1.54) is 37.5 Å². The van der Waals surface area contributed by atoms with Gasteiger partial charge < -0.3 is 15.0 Å². The number of nitrogens with one attached hydrogen (secondary N) is 1. The Kier molecular flexibility index (Phi) is 6.48. The molecule has 0 radical (unpaired) electrons. The van der Waals surface area contributed by atoms with Crippen molar-refractivity contribution in [1.82, 2.24) is 24.6 Å². The molecule has 0 aliphatic carbocycles. The van der Waals surface area contributed by atoms with Crippen molar-refractivity contribution in [1.29, 1.82) is 0 Å². The van der Waals surface area contributed by atoms with Gasteiger partial charge in [-0.25, -0.2) is 9.67 Å². The van der Waals surface area contributed by atoms with E-state index in [2.05, 4.69) is 10.1 Å². The van der Waals surface area contributed by atoms with Crippen molar-refractivity contribution in [3.63, 3.8) is 0 Å². The second-order valence-corrected chi connectivity index (χ2v) is 7.45. The summed E-state index contributed by atoms with van der Waals surface area (Å²) in [7, 11) is 1.23. The van der Waals surface area contributed by atoms with Crippen LogP contribution in [-0.4, -0.2) is 43.1 Å². The van der Waals surface area contributed by atoms with Gasteiger partial charge in [-0.15, -0.1) is 0 Å². The number of nitrogens with zero attached hydrogens (tertiary/aromatic N) is 4. The van der Waals surface area contributed by atoms with Crippen LogP contribution in [0.25, 0.3) is 5.69 Å². The molecule has 1 amide bonds. The van der Waals surface area contributed by atoms with Crippen molar-refractivity contribution in [2.45, 2.75) is 24.4 Å². The molecule has 3 aromatic rings. The maximum absolute atomic E-state index is 13.7. The lowest BCUT2D eigenvalue weighted by Crippen LogP contribution is -2.46. The van der Waals surface area contributed by atoms with Crippen LogP contribution in [0, 0.1) is 0 Å². The lowest BCUT2D eigenvalue weighted by Gasteiger charge is -2.30. The van der Waals surface area contributed by atoms with Gasteiger partial charge in [0.1, 0.15) is 5.82 Å². The maximum atomic E-state index is 13.7. The van der Waals surface area contributed by atoms with E-state index in [-0.39, 0.29) is 10.7 Å². The molecule has 2 aromatic heterocycles. The number of imidazole rings is 1. The first-order chi connectivity index (χ1) is 15.3. The molecule has 0 bridgehead atoms. The highest BCUT2D eigenvalue weighted by Gasteiger charge is 2.57. The van der Waals surface area contributed by atoms with Gasteiger partial charge in [-0.1, -0.05) is 11.6 Å². The summed E-state index contributed by atoms with van der Waals surface area (Å²) in [6, 6.07) is 5.16. The number of rotatable bonds is 6. The average Bonchev–Trinajstić information content (AvgIpc) is 3.34. The molecule has 0 aliphatic rings. The first kappa shape index (κ1) is 24.6. The molecule has 3 rings (SSSR count). The fourth-order valence-corrected chi connectivity index (χ4v) is 3.29.